The lowest BCUT2D eigenvalue weighted by atomic mass is 10.1. The van der Waals surface area contributed by atoms with E-state index in [9.17, 15) is 5.11 Å². The molecule has 0 saturated carbocycles. The van der Waals surface area contributed by atoms with Crippen molar-refractivity contribution in [1.82, 2.24) is 4.90 Å². The monoisotopic (exact) mass is 319 g/mol. The first-order valence-electron chi connectivity index (χ1n) is 6.68. The maximum atomic E-state index is 10.2. The van der Waals surface area contributed by atoms with Gasteiger partial charge >= 0.3 is 0 Å². The zero-order valence-corrected chi connectivity index (χ0v) is 12.6. The average Bonchev–Trinajstić information content (AvgIpc) is 2.48. The molecule has 2 unspecified atom stereocenters. The number of ether oxygens (including phenoxy) is 1. The van der Waals surface area contributed by atoms with Gasteiger partial charge in [0.15, 0.2) is 0 Å². The molecule has 2 atom stereocenters. The number of halogens is 2. The lowest BCUT2D eigenvalue weighted by molar-refractivity contribution is -0.0551. The van der Waals surface area contributed by atoms with Crippen molar-refractivity contribution in [3.05, 3.63) is 33.8 Å². The number of hydrogen-bond donors (Lipinski definition) is 2. The van der Waals surface area contributed by atoms with E-state index in [1.54, 1.807) is 18.2 Å². The lowest BCUT2D eigenvalue weighted by Crippen LogP contribution is -2.44. The van der Waals surface area contributed by atoms with Gasteiger partial charge in [-0.25, -0.2) is 0 Å². The minimum absolute atomic E-state index is 0.0270. The molecular weight excluding hydrogens is 301 g/mol. The summed E-state index contributed by atoms with van der Waals surface area (Å²) in [6.07, 6.45) is -0.203. The Morgan fingerprint density at radius 1 is 1.40 bits per heavy atom. The van der Waals surface area contributed by atoms with E-state index in [0.717, 1.165) is 13.1 Å². The van der Waals surface area contributed by atoms with Crippen LogP contribution >= 0.6 is 23.2 Å². The minimum Gasteiger partial charge on any atom is -0.394 e. The molecule has 2 rings (SSSR count). The first kappa shape index (κ1) is 16.0. The predicted molar refractivity (Wildman–Crippen MR) is 79.3 cm³/mol. The van der Waals surface area contributed by atoms with Crippen LogP contribution in [0.3, 0.4) is 0 Å². The van der Waals surface area contributed by atoms with E-state index in [2.05, 4.69) is 4.90 Å². The Hall–Kier alpha value is -0.360. The maximum Gasteiger partial charge on any atom is 0.0932 e. The summed E-state index contributed by atoms with van der Waals surface area (Å²) in [4.78, 5) is 2.17. The zero-order chi connectivity index (χ0) is 14.5. The molecule has 6 heteroatoms. The fourth-order valence-corrected chi connectivity index (χ4v) is 2.77. The molecule has 1 aliphatic heterocycles. The second-order valence-electron chi connectivity index (χ2n) is 4.92. The van der Waals surface area contributed by atoms with Crippen LogP contribution < -0.4 is 0 Å². The van der Waals surface area contributed by atoms with E-state index in [1.165, 1.54) is 0 Å². The quantitative estimate of drug-likeness (QED) is 0.872. The molecule has 4 nitrogen and oxygen atoms in total. The summed E-state index contributed by atoms with van der Waals surface area (Å²) in [5.41, 5.74) is 0.658. The molecule has 20 heavy (non-hydrogen) atoms. The Balaban J connectivity index is 1.88. The molecule has 2 N–H and O–H groups in total. The van der Waals surface area contributed by atoms with Gasteiger partial charge in [-0.3, -0.25) is 4.90 Å². The Kier molecular flexibility index (Phi) is 6.08. The highest BCUT2D eigenvalue weighted by atomic mass is 35.5. The Morgan fingerprint density at radius 2 is 2.20 bits per heavy atom. The summed E-state index contributed by atoms with van der Waals surface area (Å²) in [6, 6.07) is 5.27. The van der Waals surface area contributed by atoms with Crippen LogP contribution in [0.5, 0.6) is 0 Å². The summed E-state index contributed by atoms with van der Waals surface area (Å²) >= 11 is 12.0. The third kappa shape index (κ3) is 4.07. The van der Waals surface area contributed by atoms with Crippen molar-refractivity contribution in [1.29, 1.82) is 0 Å². The van der Waals surface area contributed by atoms with Crippen LogP contribution in [0.25, 0.3) is 0 Å². The first-order valence-corrected chi connectivity index (χ1v) is 7.44. The van der Waals surface area contributed by atoms with E-state index in [1.807, 2.05) is 0 Å². The molecule has 1 aromatic carbocycles. The van der Waals surface area contributed by atoms with Crippen molar-refractivity contribution in [2.75, 3.05) is 32.8 Å². The van der Waals surface area contributed by atoms with Crippen LogP contribution in [-0.4, -0.2) is 54.1 Å². The van der Waals surface area contributed by atoms with Crippen molar-refractivity contribution in [3.63, 3.8) is 0 Å². The van der Waals surface area contributed by atoms with Gasteiger partial charge < -0.3 is 14.9 Å². The molecule has 0 spiro atoms. The predicted octanol–water partition coefficient (Wildman–Crippen LogP) is 2.11. The lowest BCUT2D eigenvalue weighted by Gasteiger charge is -2.32. The van der Waals surface area contributed by atoms with Crippen LogP contribution in [0, 0.1) is 0 Å². The smallest absolute Gasteiger partial charge is 0.0932 e. The van der Waals surface area contributed by atoms with Gasteiger partial charge in [-0.1, -0.05) is 35.3 Å². The van der Waals surface area contributed by atoms with Gasteiger partial charge in [-0.2, -0.15) is 0 Å². The molecule has 1 fully saturated rings. The molecule has 0 aliphatic carbocycles. The standard InChI is InChI=1S/C14H19Cl2NO3/c15-12-3-1-2-11(14(12)16)13(19)4-5-17-6-7-20-10(8-17)9-18/h1-3,10,13,18-19H,4-9H2. The van der Waals surface area contributed by atoms with E-state index < -0.39 is 6.10 Å². The number of aliphatic hydroxyl groups is 2. The molecule has 112 valence electrons. The van der Waals surface area contributed by atoms with Gasteiger partial charge in [0, 0.05) is 25.2 Å². The molecule has 0 bridgehead atoms. The largest absolute Gasteiger partial charge is 0.394 e. The normalized spacial score (nSPS) is 21.9. The molecule has 1 aromatic rings. The van der Waals surface area contributed by atoms with Crippen molar-refractivity contribution in [2.24, 2.45) is 0 Å². The van der Waals surface area contributed by atoms with Crippen molar-refractivity contribution in [2.45, 2.75) is 18.6 Å². The van der Waals surface area contributed by atoms with Gasteiger partial charge in [0.25, 0.3) is 0 Å². The Labute approximate surface area is 128 Å². The SMILES string of the molecule is OCC1CN(CCC(O)c2cccc(Cl)c2Cl)CCO1. The molecule has 1 aliphatic rings. The van der Waals surface area contributed by atoms with Gasteiger partial charge in [0.2, 0.25) is 0 Å². The fourth-order valence-electron chi connectivity index (χ4n) is 2.33. The number of benzene rings is 1. The van der Waals surface area contributed by atoms with Crippen LogP contribution in [0.4, 0.5) is 0 Å². The van der Waals surface area contributed by atoms with Crippen LogP contribution in [0.1, 0.15) is 18.1 Å². The summed E-state index contributed by atoms with van der Waals surface area (Å²) in [5, 5.41) is 20.2. The minimum atomic E-state index is -0.642. The van der Waals surface area contributed by atoms with Gasteiger partial charge in [0.05, 0.1) is 35.5 Å². The van der Waals surface area contributed by atoms with E-state index in [0.29, 0.717) is 35.2 Å². The van der Waals surface area contributed by atoms with Gasteiger partial charge in [-0.15, -0.1) is 0 Å². The van der Waals surface area contributed by atoms with Gasteiger partial charge in [0.1, 0.15) is 0 Å². The highest BCUT2D eigenvalue weighted by Gasteiger charge is 2.21. The van der Waals surface area contributed by atoms with Crippen molar-refractivity contribution in [3.8, 4) is 0 Å². The number of morpholine rings is 1. The van der Waals surface area contributed by atoms with E-state index in [-0.39, 0.29) is 12.7 Å². The number of rotatable bonds is 5. The summed E-state index contributed by atoms with van der Waals surface area (Å²) in [7, 11) is 0. The number of hydrogen-bond acceptors (Lipinski definition) is 4. The third-order valence-corrected chi connectivity index (χ3v) is 4.32. The average molecular weight is 320 g/mol. The third-order valence-electron chi connectivity index (χ3n) is 3.49. The number of aliphatic hydroxyl groups excluding tert-OH is 2. The van der Waals surface area contributed by atoms with E-state index in [4.69, 9.17) is 33.0 Å². The van der Waals surface area contributed by atoms with Gasteiger partial charge in [-0.05, 0) is 12.5 Å². The van der Waals surface area contributed by atoms with Crippen molar-refractivity contribution >= 4 is 23.2 Å². The summed E-state index contributed by atoms with van der Waals surface area (Å²) < 4.78 is 5.39. The maximum absolute atomic E-state index is 10.2. The Morgan fingerprint density at radius 3 is 2.95 bits per heavy atom. The summed E-state index contributed by atoms with van der Waals surface area (Å²) in [5.74, 6) is 0. The first-order chi connectivity index (χ1) is 9.61. The molecule has 0 radical (unpaired) electrons. The van der Waals surface area contributed by atoms with Crippen LogP contribution in [-0.2, 0) is 4.74 Å². The van der Waals surface area contributed by atoms with Crippen LogP contribution in [0.2, 0.25) is 10.0 Å². The van der Waals surface area contributed by atoms with Crippen LogP contribution in [0.15, 0.2) is 18.2 Å². The summed E-state index contributed by atoms with van der Waals surface area (Å²) in [6.45, 7) is 2.86. The second-order valence-corrected chi connectivity index (χ2v) is 5.71. The highest BCUT2D eigenvalue weighted by Crippen LogP contribution is 2.31. The molecular formula is C14H19Cl2NO3. The molecule has 0 aromatic heterocycles. The van der Waals surface area contributed by atoms with E-state index >= 15 is 0 Å². The number of nitrogens with zero attached hydrogens (tertiary/aromatic N) is 1. The molecule has 0 amide bonds. The highest BCUT2D eigenvalue weighted by molar-refractivity contribution is 6.42. The van der Waals surface area contributed by atoms with Crippen molar-refractivity contribution < 1.29 is 14.9 Å². The topological polar surface area (TPSA) is 52.9 Å². The fraction of sp³-hybridized carbons (Fsp3) is 0.571. The molecule has 1 saturated heterocycles. The molecule has 1 heterocycles. The second kappa shape index (κ2) is 7.59. The zero-order valence-electron chi connectivity index (χ0n) is 11.1. The Bertz CT molecular complexity index is 444.